The van der Waals surface area contributed by atoms with Crippen molar-refractivity contribution >= 4 is 39.9 Å². The molecular formula is C20H17FN4OS. The van der Waals surface area contributed by atoms with E-state index in [1.807, 2.05) is 28.7 Å². The number of thioether (sulfide) groups is 1. The third-order valence-corrected chi connectivity index (χ3v) is 5.21. The number of halogens is 1. The van der Waals surface area contributed by atoms with Crippen LogP contribution >= 0.6 is 11.8 Å². The number of hydrogen-bond acceptors (Lipinski definition) is 4. The first-order valence-corrected chi connectivity index (χ1v) is 9.53. The number of nitrogens with one attached hydrogen (secondary N) is 1. The fourth-order valence-electron chi connectivity index (χ4n) is 2.98. The van der Waals surface area contributed by atoms with Gasteiger partial charge in [-0.2, -0.15) is 0 Å². The van der Waals surface area contributed by atoms with Crippen LogP contribution in [0.1, 0.15) is 12.0 Å². The molecule has 0 radical (unpaired) electrons. The third kappa shape index (κ3) is 3.50. The molecule has 7 heteroatoms. The Balaban J connectivity index is 1.49. The lowest BCUT2D eigenvalue weighted by Gasteiger charge is -2.08. The van der Waals surface area contributed by atoms with Crippen LogP contribution in [0.5, 0.6) is 0 Å². The van der Waals surface area contributed by atoms with Crippen molar-refractivity contribution < 1.29 is 9.18 Å². The number of para-hydroxylation sites is 2. The molecule has 0 saturated heterocycles. The zero-order valence-corrected chi connectivity index (χ0v) is 15.5. The zero-order valence-electron chi connectivity index (χ0n) is 14.6. The lowest BCUT2D eigenvalue weighted by atomic mass is 10.1. The van der Waals surface area contributed by atoms with Gasteiger partial charge in [-0.25, -0.2) is 4.39 Å². The van der Waals surface area contributed by atoms with E-state index < -0.39 is 5.82 Å². The van der Waals surface area contributed by atoms with E-state index in [9.17, 15) is 9.18 Å². The molecule has 0 aliphatic heterocycles. The summed E-state index contributed by atoms with van der Waals surface area (Å²) in [6, 6.07) is 16.2. The van der Waals surface area contributed by atoms with E-state index >= 15 is 0 Å². The van der Waals surface area contributed by atoms with Gasteiger partial charge in [0, 0.05) is 17.6 Å². The number of anilines is 1. The summed E-state index contributed by atoms with van der Waals surface area (Å²) in [5, 5.41) is 13.0. The Labute approximate surface area is 159 Å². The molecular weight excluding hydrogens is 363 g/mol. The van der Waals surface area contributed by atoms with Crippen LogP contribution in [0.25, 0.3) is 16.6 Å². The molecule has 2 aromatic carbocycles. The predicted octanol–water partition coefficient (Wildman–Crippen LogP) is 4.45. The zero-order chi connectivity index (χ0) is 18.8. The lowest BCUT2D eigenvalue weighted by molar-refractivity contribution is -0.115. The van der Waals surface area contributed by atoms with Gasteiger partial charge < -0.3 is 5.32 Å². The maximum absolute atomic E-state index is 13.6. The molecule has 27 heavy (non-hydrogen) atoms. The van der Waals surface area contributed by atoms with E-state index in [4.69, 9.17) is 0 Å². The SMILES string of the molecule is Cc1cc2nnc(SCCC(=O)Nc3ccccc3F)n2c2ccccc12. The van der Waals surface area contributed by atoms with E-state index in [-0.39, 0.29) is 18.0 Å². The van der Waals surface area contributed by atoms with Crippen LogP contribution in [-0.2, 0) is 4.79 Å². The van der Waals surface area contributed by atoms with Gasteiger partial charge >= 0.3 is 0 Å². The van der Waals surface area contributed by atoms with Crippen LogP contribution in [-0.4, -0.2) is 26.3 Å². The molecule has 4 rings (SSSR count). The van der Waals surface area contributed by atoms with E-state index in [0.29, 0.717) is 5.75 Å². The summed E-state index contributed by atoms with van der Waals surface area (Å²) in [6.07, 6.45) is 0.248. The number of aromatic nitrogens is 3. The number of carbonyl (C=O) groups excluding carboxylic acids is 1. The molecule has 0 aliphatic rings. The molecule has 0 spiro atoms. The molecule has 0 saturated carbocycles. The third-order valence-electron chi connectivity index (χ3n) is 4.28. The second kappa shape index (κ2) is 7.36. The van der Waals surface area contributed by atoms with Crippen LogP contribution in [0.3, 0.4) is 0 Å². The van der Waals surface area contributed by atoms with Crippen molar-refractivity contribution in [2.75, 3.05) is 11.1 Å². The van der Waals surface area contributed by atoms with Crippen molar-refractivity contribution in [2.45, 2.75) is 18.5 Å². The first-order valence-electron chi connectivity index (χ1n) is 8.54. The molecule has 1 amide bonds. The first kappa shape index (κ1) is 17.5. The molecule has 0 fully saturated rings. The summed E-state index contributed by atoms with van der Waals surface area (Å²) in [4.78, 5) is 12.1. The number of nitrogens with zero attached hydrogens (tertiary/aromatic N) is 3. The van der Waals surface area contributed by atoms with Gasteiger partial charge in [0.25, 0.3) is 0 Å². The smallest absolute Gasteiger partial charge is 0.225 e. The first-order chi connectivity index (χ1) is 13.1. The summed E-state index contributed by atoms with van der Waals surface area (Å²) in [5.74, 6) is -0.158. The fraction of sp³-hybridized carbons (Fsp3) is 0.150. The molecule has 0 atom stereocenters. The number of pyridine rings is 1. The summed E-state index contributed by atoms with van der Waals surface area (Å²) >= 11 is 1.46. The predicted molar refractivity (Wildman–Crippen MR) is 106 cm³/mol. The highest BCUT2D eigenvalue weighted by molar-refractivity contribution is 7.99. The molecule has 2 aromatic heterocycles. The summed E-state index contributed by atoms with van der Waals surface area (Å²) in [6.45, 7) is 2.05. The van der Waals surface area contributed by atoms with Gasteiger partial charge in [0.05, 0.1) is 11.2 Å². The average Bonchev–Trinajstić information content (AvgIpc) is 3.07. The Bertz CT molecular complexity index is 1140. The van der Waals surface area contributed by atoms with Crippen LogP contribution in [0.4, 0.5) is 10.1 Å². The van der Waals surface area contributed by atoms with Crippen LogP contribution in [0.2, 0.25) is 0 Å². The number of rotatable bonds is 5. The monoisotopic (exact) mass is 380 g/mol. The molecule has 5 nitrogen and oxygen atoms in total. The van der Waals surface area contributed by atoms with Gasteiger partial charge in [-0.15, -0.1) is 10.2 Å². The highest BCUT2D eigenvalue weighted by atomic mass is 32.2. The van der Waals surface area contributed by atoms with Crippen molar-refractivity contribution in [1.82, 2.24) is 14.6 Å². The Kier molecular flexibility index (Phi) is 4.77. The average molecular weight is 380 g/mol. The molecule has 0 bridgehead atoms. The Hall–Kier alpha value is -2.93. The number of fused-ring (bicyclic) bond motifs is 3. The van der Waals surface area contributed by atoms with Crippen LogP contribution < -0.4 is 5.32 Å². The molecule has 0 aliphatic carbocycles. The molecule has 136 valence electrons. The number of carbonyl (C=O) groups is 1. The van der Waals surface area contributed by atoms with Gasteiger partial charge in [0.1, 0.15) is 5.82 Å². The maximum atomic E-state index is 13.6. The number of benzene rings is 2. The number of amides is 1. The second-order valence-electron chi connectivity index (χ2n) is 6.15. The van der Waals surface area contributed by atoms with Crippen LogP contribution in [0.15, 0.2) is 59.8 Å². The number of hydrogen-bond donors (Lipinski definition) is 1. The number of aryl methyl sites for hydroxylation is 1. The maximum Gasteiger partial charge on any atom is 0.225 e. The van der Waals surface area contributed by atoms with Gasteiger partial charge in [0.15, 0.2) is 10.8 Å². The standard InChI is InChI=1S/C20H17FN4OS/c1-13-12-18-23-24-20(25(18)17-9-5-2-6-14(13)17)27-11-10-19(26)22-16-8-4-3-7-15(16)21/h2-9,12H,10-11H2,1H3,(H,22,26). The topological polar surface area (TPSA) is 59.3 Å². The molecule has 0 unspecified atom stereocenters. The largest absolute Gasteiger partial charge is 0.324 e. The molecule has 1 N–H and O–H groups in total. The van der Waals surface area contributed by atoms with Gasteiger partial charge in [-0.3, -0.25) is 9.20 Å². The lowest BCUT2D eigenvalue weighted by Crippen LogP contribution is -2.13. The van der Waals surface area contributed by atoms with Gasteiger partial charge in [0.2, 0.25) is 5.91 Å². The second-order valence-corrected chi connectivity index (χ2v) is 7.21. The quantitative estimate of drug-likeness (QED) is 0.520. The summed E-state index contributed by atoms with van der Waals surface area (Å²) < 4.78 is 15.6. The van der Waals surface area contributed by atoms with E-state index in [1.54, 1.807) is 18.2 Å². The van der Waals surface area contributed by atoms with Crippen LogP contribution in [0, 0.1) is 12.7 Å². The molecule has 4 aromatic rings. The molecule has 2 heterocycles. The minimum Gasteiger partial charge on any atom is -0.324 e. The minimum atomic E-state index is -0.441. The van der Waals surface area contributed by atoms with Crippen molar-refractivity contribution in [3.63, 3.8) is 0 Å². The Morgan fingerprint density at radius 3 is 2.78 bits per heavy atom. The van der Waals surface area contributed by atoms with Gasteiger partial charge in [-0.1, -0.05) is 42.1 Å². The van der Waals surface area contributed by atoms with Crippen molar-refractivity contribution in [3.05, 3.63) is 66.0 Å². The van der Waals surface area contributed by atoms with Gasteiger partial charge in [-0.05, 0) is 36.8 Å². The highest BCUT2D eigenvalue weighted by Crippen LogP contribution is 2.26. The van der Waals surface area contributed by atoms with Crippen molar-refractivity contribution in [2.24, 2.45) is 0 Å². The van der Waals surface area contributed by atoms with Crippen molar-refractivity contribution in [1.29, 1.82) is 0 Å². The van der Waals surface area contributed by atoms with E-state index in [0.717, 1.165) is 27.3 Å². The Morgan fingerprint density at radius 1 is 1.15 bits per heavy atom. The highest BCUT2D eigenvalue weighted by Gasteiger charge is 2.12. The minimum absolute atomic E-state index is 0.196. The summed E-state index contributed by atoms with van der Waals surface area (Å²) in [5.41, 5.74) is 3.16. The van der Waals surface area contributed by atoms with E-state index in [1.165, 1.54) is 17.8 Å². The summed E-state index contributed by atoms with van der Waals surface area (Å²) in [7, 11) is 0. The van der Waals surface area contributed by atoms with Crippen molar-refractivity contribution in [3.8, 4) is 0 Å². The van der Waals surface area contributed by atoms with E-state index in [2.05, 4.69) is 28.5 Å². The fourth-order valence-corrected chi connectivity index (χ4v) is 3.87. The Morgan fingerprint density at radius 2 is 1.93 bits per heavy atom. The normalized spacial score (nSPS) is 11.2.